The Morgan fingerprint density at radius 3 is 2.57 bits per heavy atom. The van der Waals surface area contributed by atoms with Gasteiger partial charge in [-0.05, 0) is 46.6 Å². The number of aromatic nitrogens is 2. The molecule has 2 rings (SSSR count). The van der Waals surface area contributed by atoms with Gasteiger partial charge in [-0.1, -0.05) is 6.07 Å². The van der Waals surface area contributed by atoms with E-state index in [0.29, 0.717) is 15.8 Å². The first kappa shape index (κ1) is 17.0. The molecule has 122 valence electrons. The number of carboxylic acids is 1. The number of ether oxygens (including phenoxy) is 1. The summed E-state index contributed by atoms with van der Waals surface area (Å²) >= 11 is 3.30. The van der Waals surface area contributed by atoms with Crippen LogP contribution in [0.4, 0.5) is 0 Å². The van der Waals surface area contributed by atoms with E-state index in [9.17, 15) is 14.7 Å². The van der Waals surface area contributed by atoms with Gasteiger partial charge in [0, 0.05) is 12.7 Å². The van der Waals surface area contributed by atoms with Crippen molar-refractivity contribution in [2.45, 2.75) is 13.0 Å². The third-order valence-corrected chi connectivity index (χ3v) is 4.00. The topological polar surface area (TPSA) is 93.5 Å². The first-order valence-corrected chi connectivity index (χ1v) is 7.50. The van der Waals surface area contributed by atoms with Gasteiger partial charge in [0.1, 0.15) is 11.4 Å². The standard InChI is InChI=1S/C15H16BrN3O4/c1-8-6-11(18-19(8)2)14(20)17-13(15(21)22)9-4-5-12(23-3)10(16)7-9/h4-7,13H,1-3H3,(H,17,20)(H,21,22). The van der Waals surface area contributed by atoms with Crippen molar-refractivity contribution in [3.63, 3.8) is 0 Å². The van der Waals surface area contributed by atoms with Crippen molar-refractivity contribution in [3.8, 4) is 5.75 Å². The fourth-order valence-electron chi connectivity index (χ4n) is 2.03. The number of amides is 1. The predicted molar refractivity (Wildman–Crippen MR) is 86.5 cm³/mol. The van der Waals surface area contributed by atoms with Crippen LogP contribution >= 0.6 is 15.9 Å². The number of benzene rings is 1. The molecule has 1 aromatic heterocycles. The number of halogens is 1. The number of nitrogens with one attached hydrogen (secondary N) is 1. The molecular formula is C15H16BrN3O4. The summed E-state index contributed by atoms with van der Waals surface area (Å²) < 4.78 is 7.27. The number of carboxylic acid groups (broad SMARTS) is 1. The van der Waals surface area contributed by atoms with Crippen molar-refractivity contribution in [2.75, 3.05) is 7.11 Å². The molecule has 23 heavy (non-hydrogen) atoms. The van der Waals surface area contributed by atoms with Crippen molar-refractivity contribution < 1.29 is 19.4 Å². The summed E-state index contributed by atoms with van der Waals surface area (Å²) in [6, 6.07) is 5.23. The molecule has 0 spiro atoms. The normalized spacial score (nSPS) is 11.8. The minimum absolute atomic E-state index is 0.170. The van der Waals surface area contributed by atoms with Crippen LogP contribution in [0.3, 0.4) is 0 Å². The zero-order valence-electron chi connectivity index (χ0n) is 12.8. The van der Waals surface area contributed by atoms with Crippen molar-refractivity contribution in [1.29, 1.82) is 0 Å². The highest BCUT2D eigenvalue weighted by Gasteiger charge is 2.24. The average molecular weight is 382 g/mol. The molecule has 0 aliphatic carbocycles. The Kier molecular flexibility index (Phi) is 5.05. The Labute approximate surface area is 141 Å². The van der Waals surface area contributed by atoms with E-state index in [1.807, 2.05) is 0 Å². The zero-order valence-corrected chi connectivity index (χ0v) is 14.4. The Balaban J connectivity index is 2.27. The van der Waals surface area contributed by atoms with Gasteiger partial charge in [0.15, 0.2) is 6.04 Å². The van der Waals surface area contributed by atoms with E-state index in [0.717, 1.165) is 5.69 Å². The molecule has 0 aliphatic heterocycles. The Morgan fingerprint density at radius 2 is 2.09 bits per heavy atom. The van der Waals surface area contributed by atoms with Gasteiger partial charge in [0.25, 0.3) is 5.91 Å². The van der Waals surface area contributed by atoms with Crippen LogP contribution in [0.2, 0.25) is 0 Å². The predicted octanol–water partition coefficient (Wildman–Crippen LogP) is 2.06. The number of methoxy groups -OCH3 is 1. The van der Waals surface area contributed by atoms with E-state index in [1.54, 1.807) is 42.9 Å². The number of aliphatic carboxylic acids is 1. The van der Waals surface area contributed by atoms with E-state index in [4.69, 9.17) is 4.74 Å². The summed E-state index contributed by atoms with van der Waals surface area (Å²) in [6.45, 7) is 1.80. The Morgan fingerprint density at radius 1 is 1.39 bits per heavy atom. The second kappa shape index (κ2) is 6.82. The van der Waals surface area contributed by atoms with E-state index >= 15 is 0 Å². The van der Waals surface area contributed by atoms with Crippen LogP contribution in [0, 0.1) is 6.92 Å². The first-order chi connectivity index (χ1) is 10.8. The van der Waals surface area contributed by atoms with E-state index in [1.165, 1.54) is 7.11 Å². The second-order valence-electron chi connectivity index (χ2n) is 4.93. The molecule has 1 unspecified atom stereocenters. The van der Waals surface area contributed by atoms with Crippen LogP contribution in [-0.2, 0) is 11.8 Å². The molecule has 2 N–H and O–H groups in total. The summed E-state index contributed by atoms with van der Waals surface area (Å²) in [5.74, 6) is -1.14. The SMILES string of the molecule is COc1ccc(C(NC(=O)c2cc(C)n(C)n2)C(=O)O)cc1Br. The van der Waals surface area contributed by atoms with Gasteiger partial charge in [-0.25, -0.2) is 4.79 Å². The Hall–Kier alpha value is -2.35. The third kappa shape index (κ3) is 3.70. The Bertz CT molecular complexity index is 738. The summed E-state index contributed by atoms with van der Waals surface area (Å²) in [6.07, 6.45) is 0. The second-order valence-corrected chi connectivity index (χ2v) is 5.79. The van der Waals surface area contributed by atoms with Crippen LogP contribution < -0.4 is 10.1 Å². The summed E-state index contributed by atoms with van der Waals surface area (Å²) in [5, 5.41) is 15.9. The van der Waals surface area contributed by atoms with Crippen LogP contribution in [0.25, 0.3) is 0 Å². The first-order valence-electron chi connectivity index (χ1n) is 6.71. The monoisotopic (exact) mass is 381 g/mol. The minimum atomic E-state index is -1.19. The number of nitrogens with zero attached hydrogens (tertiary/aromatic N) is 2. The third-order valence-electron chi connectivity index (χ3n) is 3.38. The summed E-state index contributed by atoms with van der Waals surface area (Å²) in [5.41, 5.74) is 1.39. The molecule has 8 heteroatoms. The molecule has 1 atom stereocenters. The summed E-state index contributed by atoms with van der Waals surface area (Å²) in [4.78, 5) is 23.7. The minimum Gasteiger partial charge on any atom is -0.496 e. The number of rotatable bonds is 5. The van der Waals surface area contributed by atoms with Gasteiger partial charge >= 0.3 is 5.97 Å². The van der Waals surface area contributed by atoms with Gasteiger partial charge < -0.3 is 15.2 Å². The average Bonchev–Trinajstić information content (AvgIpc) is 2.84. The van der Waals surface area contributed by atoms with Gasteiger partial charge in [-0.3, -0.25) is 9.48 Å². The molecule has 0 bridgehead atoms. The maximum Gasteiger partial charge on any atom is 0.330 e. The van der Waals surface area contributed by atoms with E-state index in [-0.39, 0.29) is 5.69 Å². The zero-order chi connectivity index (χ0) is 17.1. The molecule has 0 aliphatic rings. The molecule has 0 fully saturated rings. The molecule has 7 nitrogen and oxygen atoms in total. The molecule has 1 aromatic carbocycles. The highest BCUT2D eigenvalue weighted by molar-refractivity contribution is 9.10. The lowest BCUT2D eigenvalue weighted by Crippen LogP contribution is -2.34. The molecule has 0 saturated carbocycles. The molecule has 1 amide bonds. The van der Waals surface area contributed by atoms with Crippen LogP contribution in [0.1, 0.15) is 27.8 Å². The maximum atomic E-state index is 12.2. The molecule has 1 heterocycles. The molecule has 0 saturated heterocycles. The van der Waals surface area contributed by atoms with Gasteiger partial charge in [-0.15, -0.1) is 0 Å². The van der Waals surface area contributed by atoms with Gasteiger partial charge in [0.05, 0.1) is 11.6 Å². The highest BCUT2D eigenvalue weighted by atomic mass is 79.9. The fourth-order valence-corrected chi connectivity index (χ4v) is 2.58. The number of carbonyl (C=O) groups is 2. The summed E-state index contributed by atoms with van der Waals surface area (Å²) in [7, 11) is 3.22. The number of aryl methyl sites for hydroxylation is 2. The fraction of sp³-hybridized carbons (Fsp3) is 0.267. The highest BCUT2D eigenvalue weighted by Crippen LogP contribution is 2.28. The van der Waals surface area contributed by atoms with Gasteiger partial charge in [0.2, 0.25) is 0 Å². The lowest BCUT2D eigenvalue weighted by molar-refractivity contribution is -0.139. The van der Waals surface area contributed by atoms with Crippen LogP contribution in [-0.4, -0.2) is 33.9 Å². The maximum absolute atomic E-state index is 12.2. The smallest absolute Gasteiger partial charge is 0.330 e. The van der Waals surface area contributed by atoms with Crippen molar-refractivity contribution in [2.24, 2.45) is 7.05 Å². The van der Waals surface area contributed by atoms with Crippen LogP contribution in [0.15, 0.2) is 28.7 Å². The van der Waals surface area contributed by atoms with E-state index in [2.05, 4.69) is 26.3 Å². The molecule has 0 radical (unpaired) electrons. The largest absolute Gasteiger partial charge is 0.496 e. The number of carbonyl (C=O) groups excluding carboxylic acids is 1. The quantitative estimate of drug-likeness (QED) is 0.826. The number of hydrogen-bond donors (Lipinski definition) is 2. The van der Waals surface area contributed by atoms with Crippen LogP contribution in [0.5, 0.6) is 5.75 Å². The van der Waals surface area contributed by atoms with Crippen molar-refractivity contribution in [1.82, 2.24) is 15.1 Å². The van der Waals surface area contributed by atoms with Crippen molar-refractivity contribution in [3.05, 3.63) is 45.7 Å². The number of hydrogen-bond acceptors (Lipinski definition) is 4. The molecular weight excluding hydrogens is 366 g/mol. The van der Waals surface area contributed by atoms with E-state index < -0.39 is 17.9 Å². The lowest BCUT2D eigenvalue weighted by atomic mass is 10.1. The lowest BCUT2D eigenvalue weighted by Gasteiger charge is -2.15. The van der Waals surface area contributed by atoms with Crippen molar-refractivity contribution >= 4 is 27.8 Å². The van der Waals surface area contributed by atoms with Gasteiger partial charge in [-0.2, -0.15) is 5.10 Å². The molecule has 2 aromatic rings.